The molecule has 0 atom stereocenters. The van der Waals surface area contributed by atoms with Crippen LogP contribution < -0.4 is 55.2 Å². The molecule has 0 spiro atoms. The number of hydrogen-bond acceptors (Lipinski definition) is 15. The van der Waals surface area contributed by atoms with Crippen molar-refractivity contribution in [3.8, 4) is 22.9 Å². The molecule has 0 bridgehead atoms. The van der Waals surface area contributed by atoms with E-state index in [1.54, 1.807) is 18.2 Å². The average molecular weight is 896 g/mol. The summed E-state index contributed by atoms with van der Waals surface area (Å²) in [5.74, 6) is -0.908. The van der Waals surface area contributed by atoms with E-state index in [0.29, 0.717) is 10.8 Å². The number of nitrogens with zero attached hydrogens (tertiary/aromatic N) is 7. The summed E-state index contributed by atoms with van der Waals surface area (Å²) in [4.78, 5) is 32.9. The number of primary sulfonamides is 1. The van der Waals surface area contributed by atoms with Gasteiger partial charge in [0, 0.05) is 46.4 Å². The van der Waals surface area contributed by atoms with Crippen molar-refractivity contribution >= 4 is 70.6 Å². The van der Waals surface area contributed by atoms with E-state index in [2.05, 4.69) is 30.3 Å². The minimum atomic E-state index is -3.98. The molecule has 0 unspecified atom stereocenters. The van der Waals surface area contributed by atoms with Gasteiger partial charge in [0.25, 0.3) is 22.6 Å². The second kappa shape index (κ2) is 19.1. The Hall–Kier alpha value is -6.04. The summed E-state index contributed by atoms with van der Waals surface area (Å²) in [6.45, 7) is 1.48. The monoisotopic (exact) mass is 895 g/mol. The third kappa shape index (κ3) is 11.6. The molecule has 300 valence electrons. The van der Waals surface area contributed by atoms with E-state index in [-0.39, 0.29) is 120 Å². The molecule has 59 heavy (non-hydrogen) atoms. The zero-order valence-corrected chi connectivity index (χ0v) is 35.5. The van der Waals surface area contributed by atoms with Crippen molar-refractivity contribution in [2.45, 2.75) is 11.8 Å². The SMILES string of the molecule is CS(=O)(=O)Nc1cccc2ccc(O)c([NH+]=Nc3cc([N+](=O)[O-])ccc3O)c12.Cc1[n-]n(-c2cccc(S(N)(=O)=O)c2)c(=O)c1N=Nc1cc([N+](=O)[O-])ccc1O.[Cr].[Na+]. The number of aryl methyl sites for hydroxylation is 1. The van der Waals surface area contributed by atoms with Gasteiger partial charge in [-0.15, -0.1) is 15.9 Å². The molecule has 0 radical (unpaired) electrons. The number of anilines is 1. The number of benzene rings is 5. The van der Waals surface area contributed by atoms with Crippen molar-refractivity contribution in [2.24, 2.45) is 20.5 Å². The number of hydrogen-bond donors (Lipinski definition) is 6. The van der Waals surface area contributed by atoms with E-state index in [1.807, 2.05) is 0 Å². The van der Waals surface area contributed by atoms with Crippen molar-refractivity contribution in [3.05, 3.63) is 127 Å². The van der Waals surface area contributed by atoms with Crippen LogP contribution in [-0.4, -0.2) is 52.9 Å². The summed E-state index contributed by atoms with van der Waals surface area (Å²) in [6.07, 6.45) is 0.993. The topological polar surface area (TPSA) is 340 Å². The predicted octanol–water partition coefficient (Wildman–Crippen LogP) is 0.808. The Labute approximate surface area is 365 Å². The Kier molecular flexibility index (Phi) is 15.4. The Balaban J connectivity index is 0.000000305. The van der Waals surface area contributed by atoms with Crippen LogP contribution in [0.1, 0.15) is 5.69 Å². The van der Waals surface area contributed by atoms with Gasteiger partial charge in [0.1, 0.15) is 22.9 Å². The van der Waals surface area contributed by atoms with E-state index < -0.39 is 35.5 Å². The van der Waals surface area contributed by atoms with E-state index in [4.69, 9.17) is 5.14 Å². The summed E-state index contributed by atoms with van der Waals surface area (Å²) in [6, 6.07) is 19.6. The van der Waals surface area contributed by atoms with Gasteiger partial charge in [0.2, 0.25) is 20.0 Å². The van der Waals surface area contributed by atoms with Crippen LogP contribution in [-0.2, 0) is 37.4 Å². The first-order valence-electron chi connectivity index (χ1n) is 15.7. The maximum atomic E-state index is 12.6. The van der Waals surface area contributed by atoms with Gasteiger partial charge >= 0.3 is 29.6 Å². The Morgan fingerprint density at radius 3 is 1.98 bits per heavy atom. The van der Waals surface area contributed by atoms with Crippen LogP contribution in [0.25, 0.3) is 16.5 Å². The fourth-order valence-electron chi connectivity index (χ4n) is 4.99. The number of fused-ring (bicyclic) bond motifs is 1. The molecule has 1 heterocycles. The summed E-state index contributed by atoms with van der Waals surface area (Å²) in [5.41, 5.74) is -1.23. The van der Waals surface area contributed by atoms with E-state index in [1.165, 1.54) is 43.3 Å². The smallest absolute Gasteiger partial charge is 0.589 e. The molecule has 22 nitrogen and oxygen atoms in total. The van der Waals surface area contributed by atoms with Crippen LogP contribution in [0, 0.1) is 27.2 Å². The maximum absolute atomic E-state index is 12.6. The molecule has 0 amide bonds. The Bertz CT molecular complexity index is 2940. The molecule has 0 aliphatic heterocycles. The third-order valence-corrected chi connectivity index (χ3v) is 9.08. The van der Waals surface area contributed by atoms with Crippen molar-refractivity contribution in [1.29, 1.82) is 0 Å². The summed E-state index contributed by atoms with van der Waals surface area (Å²) < 4.78 is 49.6. The van der Waals surface area contributed by atoms with Crippen molar-refractivity contribution in [3.63, 3.8) is 0 Å². The standard InChI is InChI=1S/C17H14N4O6S.C16H14N6O6S.Cr.Na/c1-28(26,27)20-12-4-2-3-10-5-7-15(23)17(16(10)12)19-18-13-9-11(21(24)25)6-8-14(13)22;1-9-15(19-18-13-8-11(22(25)26)5-6-14(13)23)16(24)21(20-9)10-3-2-4-12(7-10)29(17,27)28;;/h2-9,20,22-23H,1H3;2-8H,1H3,(H4,17,18,19,20,23,24,27,28);;/q;;;+1. The van der Waals surface area contributed by atoms with Gasteiger partial charge in [0.15, 0.2) is 11.4 Å². The number of nitro groups is 2. The zero-order chi connectivity index (χ0) is 41.8. The third-order valence-electron chi connectivity index (χ3n) is 7.58. The Morgan fingerprint density at radius 1 is 0.814 bits per heavy atom. The Morgan fingerprint density at radius 2 is 1.39 bits per heavy atom. The van der Waals surface area contributed by atoms with E-state index >= 15 is 0 Å². The van der Waals surface area contributed by atoms with Crippen LogP contribution in [0.3, 0.4) is 0 Å². The minimum Gasteiger partial charge on any atom is -0.589 e. The van der Waals surface area contributed by atoms with Gasteiger partial charge in [-0.2, -0.15) is 0 Å². The number of aromatic nitrogens is 2. The summed E-state index contributed by atoms with van der Waals surface area (Å²) >= 11 is 0. The molecule has 5 aromatic carbocycles. The quantitative estimate of drug-likeness (QED) is 0.0365. The molecule has 6 rings (SSSR count). The molecule has 0 aliphatic carbocycles. The number of nitrogens with two attached hydrogens (primary N) is 1. The maximum Gasteiger partial charge on any atom is 1.00 e. The van der Waals surface area contributed by atoms with Crippen LogP contribution >= 0.6 is 0 Å². The first kappa shape index (κ1) is 47.3. The van der Waals surface area contributed by atoms with Gasteiger partial charge in [-0.3, -0.25) is 29.7 Å². The molecular weight excluding hydrogens is 868 g/mol. The van der Waals surface area contributed by atoms with Gasteiger partial charge in [-0.25, -0.2) is 22.0 Å². The van der Waals surface area contributed by atoms with Gasteiger partial charge in [0.05, 0.1) is 38.1 Å². The average Bonchev–Trinajstić information content (AvgIpc) is 3.42. The molecule has 6 aromatic rings. The molecule has 26 heteroatoms. The van der Waals surface area contributed by atoms with Crippen LogP contribution in [0.2, 0.25) is 0 Å². The number of nitrogens with one attached hydrogen (secondary N) is 2. The largest absolute Gasteiger partial charge is 1.00 e. The zero-order valence-electron chi connectivity index (χ0n) is 30.6. The van der Waals surface area contributed by atoms with Crippen molar-refractivity contribution < 1.29 is 94.0 Å². The number of aromatic hydroxyl groups is 3. The normalized spacial score (nSPS) is 11.4. The second-order valence-electron chi connectivity index (χ2n) is 11.7. The molecule has 0 fully saturated rings. The first-order valence-corrected chi connectivity index (χ1v) is 19.1. The summed E-state index contributed by atoms with van der Waals surface area (Å²) in [7, 11) is -7.57. The predicted molar refractivity (Wildman–Crippen MR) is 202 cm³/mol. The number of non-ortho nitro benzene ring substituents is 2. The van der Waals surface area contributed by atoms with Gasteiger partial charge in [-0.05, 0) is 47.9 Å². The summed E-state index contributed by atoms with van der Waals surface area (Å²) in [5, 5.41) is 75.7. The number of phenolic OH excluding ortho intramolecular Hbond substituents is 3. The number of sulfonamides is 2. The second-order valence-corrected chi connectivity index (χ2v) is 15.0. The molecule has 7 N–H and O–H groups in total. The molecular formula is C33H28CrN10NaO12S2+. The first-order chi connectivity index (χ1) is 26.7. The number of phenols is 3. The fraction of sp³-hybridized carbons (Fsp3) is 0.0606. The molecule has 0 aliphatic rings. The molecule has 0 saturated heterocycles. The molecule has 0 saturated carbocycles. The molecule has 1 aromatic heterocycles. The van der Waals surface area contributed by atoms with E-state index in [9.17, 15) is 57.2 Å². The van der Waals surface area contributed by atoms with Crippen molar-refractivity contribution in [1.82, 2.24) is 9.78 Å². The fourth-order valence-corrected chi connectivity index (χ4v) is 6.11. The van der Waals surface area contributed by atoms with Gasteiger partial charge < -0.3 is 25.1 Å². The van der Waals surface area contributed by atoms with Crippen LogP contribution in [0.4, 0.5) is 39.8 Å². The number of azo groups is 2. The van der Waals surface area contributed by atoms with Gasteiger partial charge in [-0.1, -0.05) is 36.3 Å². The van der Waals surface area contributed by atoms with Crippen molar-refractivity contribution in [2.75, 3.05) is 11.0 Å². The minimum absolute atomic E-state index is 0. The number of rotatable bonds is 10. The van der Waals surface area contributed by atoms with Crippen LogP contribution in [0.5, 0.6) is 17.2 Å². The number of nitro benzene ring substituents is 2. The van der Waals surface area contributed by atoms with E-state index in [0.717, 1.165) is 47.3 Å². The van der Waals surface area contributed by atoms with Crippen LogP contribution in [0.15, 0.2) is 116 Å².